The van der Waals surface area contributed by atoms with Gasteiger partial charge in [0.25, 0.3) is 5.91 Å². The van der Waals surface area contributed by atoms with Gasteiger partial charge < -0.3 is 10.1 Å². The number of alkyl carbamates (subject to hydrolysis) is 1. The molecule has 0 unspecified atom stereocenters. The summed E-state index contributed by atoms with van der Waals surface area (Å²) in [5, 5.41) is 2.53. The monoisotopic (exact) mass is 313 g/mol. The number of carbonyl (C=O) groups is 2. The van der Waals surface area contributed by atoms with Gasteiger partial charge in [0.2, 0.25) is 0 Å². The summed E-state index contributed by atoms with van der Waals surface area (Å²) in [5.74, 6) is 4.69. The molecule has 0 aliphatic rings. The first-order valence-corrected chi connectivity index (χ1v) is 7.20. The molecule has 2 aromatic carbocycles. The van der Waals surface area contributed by atoms with Crippen molar-refractivity contribution in [1.29, 1.82) is 0 Å². The number of nitrogens with two attached hydrogens (primary N) is 1. The molecule has 4 N–H and O–H groups in total. The Labute approximate surface area is 134 Å². The van der Waals surface area contributed by atoms with Crippen molar-refractivity contribution in [1.82, 2.24) is 10.7 Å². The maximum atomic E-state index is 11.9. The number of amides is 2. The SMILES string of the molecule is NNC(=O)[C@@H](Cc1ccccc1)NC(=O)OCc1ccccc1. The molecule has 6 heteroatoms. The van der Waals surface area contributed by atoms with Crippen LogP contribution < -0.4 is 16.6 Å². The highest BCUT2D eigenvalue weighted by molar-refractivity contribution is 5.85. The van der Waals surface area contributed by atoms with Crippen LogP contribution in [0.2, 0.25) is 0 Å². The van der Waals surface area contributed by atoms with Gasteiger partial charge in [-0.2, -0.15) is 0 Å². The van der Waals surface area contributed by atoms with Gasteiger partial charge in [-0.25, -0.2) is 10.6 Å². The van der Waals surface area contributed by atoms with Crippen LogP contribution in [0, 0.1) is 0 Å². The number of benzene rings is 2. The fraction of sp³-hybridized carbons (Fsp3) is 0.176. The van der Waals surface area contributed by atoms with Gasteiger partial charge in [-0.15, -0.1) is 0 Å². The third-order valence-electron chi connectivity index (χ3n) is 3.25. The zero-order valence-electron chi connectivity index (χ0n) is 12.6. The molecule has 0 heterocycles. The summed E-state index contributed by atoms with van der Waals surface area (Å²) in [7, 11) is 0. The second-order valence-corrected chi connectivity index (χ2v) is 4.96. The Morgan fingerprint density at radius 1 is 0.957 bits per heavy atom. The minimum atomic E-state index is -0.800. The average Bonchev–Trinajstić information content (AvgIpc) is 2.60. The van der Waals surface area contributed by atoms with Crippen molar-refractivity contribution in [2.24, 2.45) is 5.84 Å². The van der Waals surface area contributed by atoms with Gasteiger partial charge in [-0.05, 0) is 11.1 Å². The number of hydrazine groups is 1. The molecule has 6 nitrogen and oxygen atoms in total. The Balaban J connectivity index is 1.91. The fourth-order valence-corrected chi connectivity index (χ4v) is 2.07. The van der Waals surface area contributed by atoms with Crippen molar-refractivity contribution in [3.63, 3.8) is 0 Å². The lowest BCUT2D eigenvalue weighted by Crippen LogP contribution is -2.50. The molecule has 0 fully saturated rings. The molecule has 0 aliphatic heterocycles. The minimum Gasteiger partial charge on any atom is -0.445 e. The molecular weight excluding hydrogens is 294 g/mol. The number of hydrogen-bond acceptors (Lipinski definition) is 4. The second kappa shape index (κ2) is 8.55. The summed E-state index contributed by atoms with van der Waals surface area (Å²) in [6.45, 7) is 0.134. The topological polar surface area (TPSA) is 93.5 Å². The first kappa shape index (κ1) is 16.5. The van der Waals surface area contributed by atoms with E-state index in [0.29, 0.717) is 6.42 Å². The van der Waals surface area contributed by atoms with Crippen LogP contribution >= 0.6 is 0 Å². The van der Waals surface area contributed by atoms with Crippen LogP contribution in [-0.2, 0) is 22.6 Å². The van der Waals surface area contributed by atoms with E-state index in [2.05, 4.69) is 10.7 Å². The van der Waals surface area contributed by atoms with Gasteiger partial charge in [-0.1, -0.05) is 60.7 Å². The Hall–Kier alpha value is -2.86. The van der Waals surface area contributed by atoms with Crippen molar-refractivity contribution in [2.75, 3.05) is 0 Å². The standard InChI is InChI=1S/C17H19N3O3/c18-20-16(21)15(11-13-7-3-1-4-8-13)19-17(22)23-12-14-9-5-2-6-10-14/h1-10,15H,11-12,18H2,(H,19,22)(H,20,21)/t15-/m1/s1. The summed E-state index contributed by atoms with van der Waals surface area (Å²) in [4.78, 5) is 23.7. The van der Waals surface area contributed by atoms with Crippen LogP contribution in [0.5, 0.6) is 0 Å². The highest BCUT2D eigenvalue weighted by Gasteiger charge is 2.21. The first-order chi connectivity index (χ1) is 11.2. The molecule has 0 aromatic heterocycles. The molecule has 0 saturated carbocycles. The Kier molecular flexibility index (Phi) is 6.14. The third kappa shape index (κ3) is 5.44. The summed E-state index contributed by atoms with van der Waals surface area (Å²) in [6.07, 6.45) is -0.344. The molecule has 0 saturated heterocycles. The number of nitrogens with one attached hydrogen (secondary N) is 2. The molecular formula is C17H19N3O3. The van der Waals surface area contributed by atoms with Crippen LogP contribution in [0.4, 0.5) is 4.79 Å². The molecule has 0 radical (unpaired) electrons. The zero-order chi connectivity index (χ0) is 16.5. The Morgan fingerprint density at radius 2 is 1.52 bits per heavy atom. The smallest absolute Gasteiger partial charge is 0.408 e. The van der Waals surface area contributed by atoms with Gasteiger partial charge in [-0.3, -0.25) is 10.2 Å². The second-order valence-electron chi connectivity index (χ2n) is 4.96. The van der Waals surface area contributed by atoms with Gasteiger partial charge in [0.05, 0.1) is 0 Å². The summed E-state index contributed by atoms with van der Waals surface area (Å²) in [5.41, 5.74) is 3.83. The highest BCUT2D eigenvalue weighted by Crippen LogP contribution is 2.05. The van der Waals surface area contributed by atoms with Crippen molar-refractivity contribution < 1.29 is 14.3 Å². The molecule has 23 heavy (non-hydrogen) atoms. The first-order valence-electron chi connectivity index (χ1n) is 7.20. The van der Waals surface area contributed by atoms with E-state index in [1.165, 1.54) is 0 Å². The van der Waals surface area contributed by atoms with E-state index >= 15 is 0 Å². The van der Waals surface area contributed by atoms with E-state index in [-0.39, 0.29) is 6.61 Å². The van der Waals surface area contributed by atoms with Crippen LogP contribution in [-0.4, -0.2) is 18.0 Å². The van der Waals surface area contributed by atoms with Crippen LogP contribution in [0.25, 0.3) is 0 Å². The fourth-order valence-electron chi connectivity index (χ4n) is 2.07. The molecule has 0 bridgehead atoms. The van der Waals surface area contributed by atoms with Crippen molar-refractivity contribution >= 4 is 12.0 Å². The van der Waals surface area contributed by atoms with Gasteiger partial charge in [0, 0.05) is 6.42 Å². The lowest BCUT2D eigenvalue weighted by atomic mass is 10.1. The molecule has 0 spiro atoms. The van der Waals surface area contributed by atoms with E-state index in [1.807, 2.05) is 60.7 Å². The highest BCUT2D eigenvalue weighted by atomic mass is 16.5. The number of rotatable bonds is 6. The van der Waals surface area contributed by atoms with E-state index in [1.54, 1.807) is 0 Å². The van der Waals surface area contributed by atoms with Crippen LogP contribution in [0.3, 0.4) is 0 Å². The van der Waals surface area contributed by atoms with Gasteiger partial charge >= 0.3 is 6.09 Å². The molecule has 2 rings (SSSR count). The van der Waals surface area contributed by atoms with E-state index in [4.69, 9.17) is 10.6 Å². The predicted octanol–water partition coefficient (Wildman–Crippen LogP) is 1.51. The normalized spacial score (nSPS) is 11.3. The summed E-state index contributed by atoms with van der Waals surface area (Å²) in [6, 6.07) is 17.8. The summed E-state index contributed by atoms with van der Waals surface area (Å²) >= 11 is 0. The molecule has 120 valence electrons. The van der Waals surface area contributed by atoms with Crippen molar-refractivity contribution in [2.45, 2.75) is 19.1 Å². The quantitative estimate of drug-likeness (QED) is 0.428. The predicted molar refractivity (Wildman–Crippen MR) is 86.0 cm³/mol. The third-order valence-corrected chi connectivity index (χ3v) is 3.25. The Bertz CT molecular complexity index is 632. The lowest BCUT2D eigenvalue weighted by molar-refractivity contribution is -0.123. The molecule has 2 amide bonds. The van der Waals surface area contributed by atoms with Gasteiger partial charge in [0.1, 0.15) is 12.6 Å². The van der Waals surface area contributed by atoms with E-state index < -0.39 is 18.0 Å². The molecule has 1 atom stereocenters. The maximum absolute atomic E-state index is 11.9. The van der Waals surface area contributed by atoms with Crippen molar-refractivity contribution in [3.05, 3.63) is 71.8 Å². The van der Waals surface area contributed by atoms with Gasteiger partial charge in [0.15, 0.2) is 0 Å². The van der Waals surface area contributed by atoms with E-state index in [0.717, 1.165) is 11.1 Å². The van der Waals surface area contributed by atoms with Crippen molar-refractivity contribution in [3.8, 4) is 0 Å². The number of carbonyl (C=O) groups excluding carboxylic acids is 2. The van der Waals surface area contributed by atoms with E-state index in [9.17, 15) is 9.59 Å². The largest absolute Gasteiger partial charge is 0.445 e. The molecule has 0 aliphatic carbocycles. The minimum absolute atomic E-state index is 0.134. The maximum Gasteiger partial charge on any atom is 0.408 e. The Morgan fingerprint density at radius 3 is 2.09 bits per heavy atom. The van der Waals surface area contributed by atoms with Crippen LogP contribution in [0.1, 0.15) is 11.1 Å². The number of ether oxygens (including phenoxy) is 1. The number of hydrogen-bond donors (Lipinski definition) is 3. The lowest BCUT2D eigenvalue weighted by Gasteiger charge is -2.17. The molecule has 2 aromatic rings. The summed E-state index contributed by atoms with van der Waals surface area (Å²) < 4.78 is 5.12. The zero-order valence-corrected chi connectivity index (χ0v) is 12.6. The van der Waals surface area contributed by atoms with Crippen LogP contribution in [0.15, 0.2) is 60.7 Å². The average molecular weight is 313 g/mol.